The highest BCUT2D eigenvalue weighted by Crippen LogP contribution is 2.68. The number of nitrogens with one attached hydrogen (secondary N) is 1. The van der Waals surface area contributed by atoms with Crippen LogP contribution in [0.25, 0.3) is 0 Å². The molecule has 164 valence electrons. The first-order valence-corrected chi connectivity index (χ1v) is 10.7. The van der Waals surface area contributed by atoms with Crippen LogP contribution >= 0.6 is 0 Å². The molecular weight excluding hydrogens is 370 g/mol. The summed E-state index contributed by atoms with van der Waals surface area (Å²) in [6.07, 6.45) is 0.0409. The fourth-order valence-electron chi connectivity index (χ4n) is 4.94. The molecule has 0 spiro atoms. The zero-order valence-electron chi connectivity index (χ0n) is 19.1. The molecule has 3 rings (SSSR count). The van der Waals surface area contributed by atoms with Gasteiger partial charge in [0.15, 0.2) is 24.1 Å². The van der Waals surface area contributed by atoms with E-state index in [0.29, 0.717) is 24.7 Å². The van der Waals surface area contributed by atoms with Crippen molar-refractivity contribution < 1.29 is 24.1 Å². The number of hydrogen-bond donors (Lipinski definition) is 2. The Morgan fingerprint density at radius 1 is 1.10 bits per heavy atom. The van der Waals surface area contributed by atoms with Gasteiger partial charge in [-0.05, 0) is 51.2 Å². The Balaban J connectivity index is 2.08. The molecule has 0 aromatic heterocycles. The number of benzene rings is 1. The van der Waals surface area contributed by atoms with Gasteiger partial charge in [0.2, 0.25) is 5.75 Å². The van der Waals surface area contributed by atoms with Gasteiger partial charge in [0.1, 0.15) is 0 Å². The van der Waals surface area contributed by atoms with Gasteiger partial charge in [0.05, 0.1) is 5.54 Å². The molecule has 2 N–H and O–H groups in total. The number of ether oxygens (including phenoxy) is 4. The fraction of sp³-hybridized carbons (Fsp3) is 0.739. The van der Waals surface area contributed by atoms with E-state index >= 15 is 0 Å². The van der Waals surface area contributed by atoms with Gasteiger partial charge in [0, 0.05) is 30.7 Å². The zero-order chi connectivity index (χ0) is 21.6. The van der Waals surface area contributed by atoms with Gasteiger partial charge >= 0.3 is 0 Å². The van der Waals surface area contributed by atoms with Gasteiger partial charge in [-0.15, -0.1) is 0 Å². The highest BCUT2D eigenvalue weighted by atomic mass is 16.7. The van der Waals surface area contributed by atoms with Crippen molar-refractivity contribution in [2.75, 3.05) is 19.8 Å². The zero-order valence-corrected chi connectivity index (χ0v) is 19.1. The first kappa shape index (κ1) is 22.2. The van der Waals surface area contributed by atoms with Gasteiger partial charge in [-0.25, -0.2) is 0 Å². The Morgan fingerprint density at radius 2 is 1.69 bits per heavy atom. The first-order valence-electron chi connectivity index (χ1n) is 10.7. The summed E-state index contributed by atoms with van der Waals surface area (Å²) in [7, 11) is 0. The van der Waals surface area contributed by atoms with Gasteiger partial charge < -0.3 is 29.4 Å². The van der Waals surface area contributed by atoms with Crippen LogP contribution in [0.5, 0.6) is 17.2 Å². The van der Waals surface area contributed by atoms with E-state index in [1.54, 1.807) is 0 Å². The molecule has 4 atom stereocenters. The Hall–Kier alpha value is -1.50. The van der Waals surface area contributed by atoms with Crippen molar-refractivity contribution >= 4 is 0 Å². The largest absolute Gasteiger partial charge is 0.502 e. The van der Waals surface area contributed by atoms with Gasteiger partial charge in [-0.1, -0.05) is 27.7 Å². The Labute approximate surface area is 174 Å². The maximum atomic E-state index is 11.0. The summed E-state index contributed by atoms with van der Waals surface area (Å²) in [6, 6.07) is 1.96. The first-order chi connectivity index (χ1) is 13.5. The third-order valence-electron chi connectivity index (χ3n) is 6.09. The van der Waals surface area contributed by atoms with Crippen molar-refractivity contribution in [3.8, 4) is 17.2 Å². The molecule has 29 heavy (non-hydrogen) atoms. The van der Waals surface area contributed by atoms with Crippen LogP contribution in [0.1, 0.15) is 72.9 Å². The second-order valence-electron chi connectivity index (χ2n) is 9.59. The number of rotatable bonds is 9. The highest BCUT2D eigenvalue weighted by Gasteiger charge is 2.69. The van der Waals surface area contributed by atoms with Crippen molar-refractivity contribution in [3.05, 3.63) is 17.2 Å². The summed E-state index contributed by atoms with van der Waals surface area (Å²) >= 11 is 0. The smallest absolute Gasteiger partial charge is 0.201 e. The number of phenols is 1. The standard InChI is InChI=1S/C23H37NO5/c1-9-26-14(3)28-17-11-16-18(20(19(17)25)29-15(4)27-10-2)22(8)13-24-23(16,22)12-21(5,6)7/h11,14-15,24-25H,9-10,12-13H2,1-8H3. The normalized spacial score (nSPS) is 27.2. The summed E-state index contributed by atoms with van der Waals surface area (Å²) in [5.74, 6) is 0.863. The lowest BCUT2D eigenvalue weighted by atomic mass is 9.43. The van der Waals surface area contributed by atoms with Crippen LogP contribution in [0.3, 0.4) is 0 Å². The minimum Gasteiger partial charge on any atom is -0.502 e. The van der Waals surface area contributed by atoms with Crippen LogP contribution in [0.4, 0.5) is 0 Å². The van der Waals surface area contributed by atoms with Crippen molar-refractivity contribution in [1.82, 2.24) is 5.32 Å². The fourth-order valence-corrected chi connectivity index (χ4v) is 4.94. The van der Waals surface area contributed by atoms with E-state index in [9.17, 15) is 5.11 Å². The lowest BCUT2D eigenvalue weighted by molar-refractivity contribution is -0.0738. The monoisotopic (exact) mass is 407 g/mol. The van der Waals surface area contributed by atoms with Crippen molar-refractivity contribution in [2.24, 2.45) is 5.41 Å². The highest BCUT2D eigenvalue weighted by molar-refractivity contribution is 5.71. The molecule has 1 aliphatic heterocycles. The molecule has 0 radical (unpaired) electrons. The van der Waals surface area contributed by atoms with Gasteiger partial charge in [0.25, 0.3) is 0 Å². The molecule has 0 bridgehead atoms. The van der Waals surface area contributed by atoms with Crippen LogP contribution in [0, 0.1) is 5.41 Å². The lowest BCUT2D eigenvalue weighted by Gasteiger charge is -2.69. The number of aromatic hydroxyl groups is 1. The van der Waals surface area contributed by atoms with Crippen molar-refractivity contribution in [1.29, 1.82) is 0 Å². The SMILES string of the molecule is CCOC(C)Oc1cc2c(c(OC(C)OCC)c1O)C1(C)CNC21CC(C)(C)C. The number of hydrogen-bond acceptors (Lipinski definition) is 6. The predicted octanol–water partition coefficient (Wildman–Crippen LogP) is 4.42. The van der Waals surface area contributed by atoms with Crippen LogP contribution in [0.2, 0.25) is 0 Å². The minimum atomic E-state index is -0.472. The molecule has 6 nitrogen and oxygen atoms in total. The second-order valence-corrected chi connectivity index (χ2v) is 9.59. The minimum absolute atomic E-state index is 0.0133. The Bertz CT molecular complexity index is 759. The predicted molar refractivity (Wildman–Crippen MR) is 113 cm³/mol. The Kier molecular flexibility index (Phi) is 5.84. The van der Waals surface area contributed by atoms with Crippen LogP contribution in [-0.2, 0) is 20.4 Å². The molecule has 2 aliphatic rings. The van der Waals surface area contributed by atoms with Crippen molar-refractivity contribution in [2.45, 2.75) is 85.3 Å². The van der Waals surface area contributed by atoms with Crippen LogP contribution in [-0.4, -0.2) is 37.4 Å². The van der Waals surface area contributed by atoms with Crippen LogP contribution < -0.4 is 14.8 Å². The van der Waals surface area contributed by atoms with E-state index in [-0.39, 0.29) is 22.1 Å². The molecule has 1 aromatic rings. The molecule has 0 saturated carbocycles. The second kappa shape index (κ2) is 7.64. The summed E-state index contributed by atoms with van der Waals surface area (Å²) in [5.41, 5.74) is 2.09. The number of fused-ring (bicyclic) bond motifs is 4. The lowest BCUT2D eigenvalue weighted by Crippen LogP contribution is -2.79. The summed E-state index contributed by atoms with van der Waals surface area (Å²) in [5, 5.41) is 14.7. The van der Waals surface area contributed by atoms with E-state index in [1.165, 1.54) is 0 Å². The van der Waals surface area contributed by atoms with E-state index in [4.69, 9.17) is 18.9 Å². The molecule has 4 unspecified atom stereocenters. The molecule has 1 aromatic carbocycles. The third-order valence-corrected chi connectivity index (χ3v) is 6.09. The average molecular weight is 408 g/mol. The van der Waals surface area contributed by atoms with Gasteiger partial charge in [-0.3, -0.25) is 0 Å². The maximum Gasteiger partial charge on any atom is 0.201 e. The molecule has 0 amide bonds. The molecule has 1 fully saturated rings. The molecule has 1 saturated heterocycles. The molecule has 1 heterocycles. The Morgan fingerprint density at radius 3 is 2.17 bits per heavy atom. The van der Waals surface area contributed by atoms with E-state index < -0.39 is 12.6 Å². The average Bonchev–Trinajstić information content (AvgIpc) is 2.61. The summed E-state index contributed by atoms with van der Waals surface area (Å²) < 4.78 is 23.1. The summed E-state index contributed by atoms with van der Waals surface area (Å²) in [4.78, 5) is 0. The maximum absolute atomic E-state index is 11.0. The third kappa shape index (κ3) is 3.60. The van der Waals surface area contributed by atoms with E-state index in [1.807, 2.05) is 33.8 Å². The molecule has 1 aliphatic carbocycles. The van der Waals surface area contributed by atoms with E-state index in [0.717, 1.165) is 24.1 Å². The summed E-state index contributed by atoms with van der Waals surface area (Å²) in [6.45, 7) is 18.4. The van der Waals surface area contributed by atoms with E-state index in [2.05, 4.69) is 33.0 Å². The molecule has 6 heteroatoms. The number of phenolic OH excluding ortho intramolecular Hbond substituents is 1. The topological polar surface area (TPSA) is 69.2 Å². The quantitative estimate of drug-likeness (QED) is 0.591. The molecular formula is C23H37NO5. The van der Waals surface area contributed by atoms with Crippen molar-refractivity contribution in [3.63, 3.8) is 0 Å². The van der Waals surface area contributed by atoms with Gasteiger partial charge in [-0.2, -0.15) is 0 Å². The van der Waals surface area contributed by atoms with Crippen LogP contribution in [0.15, 0.2) is 6.07 Å².